The zero-order valence-corrected chi connectivity index (χ0v) is 9.07. The fourth-order valence-corrected chi connectivity index (χ4v) is 1.18. The van der Waals surface area contributed by atoms with E-state index >= 15 is 0 Å². The maximum Gasteiger partial charge on any atom is 0.271 e. The van der Waals surface area contributed by atoms with E-state index in [0.29, 0.717) is 11.4 Å². The van der Waals surface area contributed by atoms with Gasteiger partial charge in [0.15, 0.2) is 0 Å². The molecule has 1 rings (SSSR count). The summed E-state index contributed by atoms with van der Waals surface area (Å²) in [6, 6.07) is 4.41. The number of nitrogens with two attached hydrogens (primary N) is 1. The van der Waals surface area contributed by atoms with Gasteiger partial charge in [0.05, 0.1) is 16.3 Å². The van der Waals surface area contributed by atoms with Crippen molar-refractivity contribution in [3.05, 3.63) is 28.3 Å². The zero-order chi connectivity index (χ0) is 11.6. The fourth-order valence-electron chi connectivity index (χ4n) is 1.18. The summed E-state index contributed by atoms with van der Waals surface area (Å²) >= 11 is 0. The highest BCUT2D eigenvalue weighted by atomic mass is 16.6. The Hall–Kier alpha value is -1.78. The molecule has 3 N–H and O–H groups in total. The first-order chi connectivity index (χ1) is 6.79. The van der Waals surface area contributed by atoms with Gasteiger partial charge in [-0.05, 0) is 26.8 Å². The molecular weight excluding hydrogens is 194 g/mol. The number of rotatable bonds is 2. The largest absolute Gasteiger partial charge is 0.397 e. The monoisotopic (exact) mass is 209 g/mol. The predicted octanol–water partition coefficient (Wildman–Crippen LogP) is 2.39. The molecule has 0 aliphatic carbocycles. The van der Waals surface area contributed by atoms with Gasteiger partial charge in [0.25, 0.3) is 5.69 Å². The van der Waals surface area contributed by atoms with Gasteiger partial charge in [-0.25, -0.2) is 0 Å². The van der Waals surface area contributed by atoms with Gasteiger partial charge >= 0.3 is 0 Å². The molecule has 1 aromatic rings. The van der Waals surface area contributed by atoms with Gasteiger partial charge in [-0.2, -0.15) is 0 Å². The number of hydrogen-bond donors (Lipinski definition) is 2. The summed E-state index contributed by atoms with van der Waals surface area (Å²) in [4.78, 5) is 10.0. The topological polar surface area (TPSA) is 81.2 Å². The van der Waals surface area contributed by atoms with Gasteiger partial charge in [0.2, 0.25) is 0 Å². The molecule has 0 atom stereocenters. The van der Waals surface area contributed by atoms with Gasteiger partial charge in [-0.3, -0.25) is 10.1 Å². The number of nitro benzene ring substituents is 1. The maximum absolute atomic E-state index is 10.5. The minimum atomic E-state index is -0.461. The van der Waals surface area contributed by atoms with E-state index in [4.69, 9.17) is 5.73 Å². The summed E-state index contributed by atoms with van der Waals surface area (Å²) < 4.78 is 0. The van der Waals surface area contributed by atoms with Gasteiger partial charge < -0.3 is 11.1 Å². The summed E-state index contributed by atoms with van der Waals surface area (Å²) in [6.07, 6.45) is 0. The average Bonchev–Trinajstić information content (AvgIpc) is 2.05. The minimum Gasteiger partial charge on any atom is -0.397 e. The van der Waals surface area contributed by atoms with Crippen LogP contribution in [0, 0.1) is 10.1 Å². The standard InChI is InChI=1S/C10H15N3O2/c1-10(2,3)12-9-5-4-7(13(14)15)6-8(9)11/h4-6,12H,11H2,1-3H3. The first-order valence-electron chi connectivity index (χ1n) is 4.62. The number of nitrogens with one attached hydrogen (secondary N) is 1. The Morgan fingerprint density at radius 2 is 2.00 bits per heavy atom. The van der Waals surface area contributed by atoms with Gasteiger partial charge in [-0.15, -0.1) is 0 Å². The third-order valence-electron chi connectivity index (χ3n) is 1.76. The average molecular weight is 209 g/mol. The molecule has 15 heavy (non-hydrogen) atoms. The molecule has 0 saturated carbocycles. The van der Waals surface area contributed by atoms with Crippen LogP contribution in [-0.4, -0.2) is 10.5 Å². The second-order valence-corrected chi connectivity index (χ2v) is 4.40. The lowest BCUT2D eigenvalue weighted by Gasteiger charge is -2.23. The van der Waals surface area contributed by atoms with Gasteiger partial charge in [0, 0.05) is 17.7 Å². The third kappa shape index (κ3) is 3.12. The van der Waals surface area contributed by atoms with E-state index in [9.17, 15) is 10.1 Å². The van der Waals surface area contributed by atoms with Crippen molar-refractivity contribution in [2.75, 3.05) is 11.1 Å². The molecule has 5 heteroatoms. The van der Waals surface area contributed by atoms with Crippen LogP contribution in [-0.2, 0) is 0 Å². The molecule has 0 bridgehead atoms. The van der Waals surface area contributed by atoms with Crippen LogP contribution < -0.4 is 11.1 Å². The number of anilines is 2. The summed E-state index contributed by atoms with van der Waals surface area (Å²) in [7, 11) is 0. The molecule has 1 aromatic carbocycles. The summed E-state index contributed by atoms with van der Waals surface area (Å²) in [5.41, 5.74) is 6.69. The summed E-state index contributed by atoms with van der Waals surface area (Å²) in [5.74, 6) is 0. The number of non-ortho nitro benzene ring substituents is 1. The molecule has 0 radical (unpaired) electrons. The SMILES string of the molecule is CC(C)(C)Nc1ccc([N+](=O)[O-])cc1N. The van der Waals surface area contributed by atoms with E-state index in [2.05, 4.69) is 5.32 Å². The van der Waals surface area contributed by atoms with Crippen LogP contribution in [0.5, 0.6) is 0 Å². The Labute approximate surface area is 88.4 Å². The van der Waals surface area contributed by atoms with Crippen molar-refractivity contribution in [2.45, 2.75) is 26.3 Å². The zero-order valence-electron chi connectivity index (χ0n) is 9.07. The Kier molecular flexibility index (Phi) is 2.83. The highest BCUT2D eigenvalue weighted by Gasteiger charge is 2.13. The fraction of sp³-hybridized carbons (Fsp3) is 0.400. The van der Waals surface area contributed by atoms with E-state index < -0.39 is 4.92 Å². The molecule has 0 amide bonds. The first-order valence-corrected chi connectivity index (χ1v) is 4.62. The predicted molar refractivity (Wildman–Crippen MR) is 60.9 cm³/mol. The van der Waals surface area contributed by atoms with Crippen molar-refractivity contribution in [1.29, 1.82) is 0 Å². The molecule has 0 heterocycles. The smallest absolute Gasteiger partial charge is 0.271 e. The van der Waals surface area contributed by atoms with Crippen molar-refractivity contribution in [3.8, 4) is 0 Å². The quantitative estimate of drug-likeness (QED) is 0.445. The Bertz CT molecular complexity index is 383. The van der Waals surface area contributed by atoms with Gasteiger partial charge in [0.1, 0.15) is 0 Å². The number of nitrogen functional groups attached to an aromatic ring is 1. The van der Waals surface area contributed by atoms with Crippen LogP contribution in [0.2, 0.25) is 0 Å². The number of nitro groups is 1. The molecule has 0 aromatic heterocycles. The van der Waals surface area contributed by atoms with Crippen molar-refractivity contribution in [3.63, 3.8) is 0 Å². The molecule has 82 valence electrons. The molecule has 0 aliphatic heterocycles. The van der Waals surface area contributed by atoms with Crippen LogP contribution in [0.1, 0.15) is 20.8 Å². The lowest BCUT2D eigenvalue weighted by molar-refractivity contribution is -0.384. The van der Waals surface area contributed by atoms with Crippen molar-refractivity contribution in [1.82, 2.24) is 0 Å². The normalized spacial score (nSPS) is 11.1. The van der Waals surface area contributed by atoms with E-state index in [-0.39, 0.29) is 11.2 Å². The lowest BCUT2D eigenvalue weighted by atomic mass is 10.1. The molecule has 5 nitrogen and oxygen atoms in total. The number of benzene rings is 1. The molecule has 0 fully saturated rings. The highest BCUT2D eigenvalue weighted by Crippen LogP contribution is 2.26. The van der Waals surface area contributed by atoms with E-state index in [0.717, 1.165) is 0 Å². The van der Waals surface area contributed by atoms with Crippen LogP contribution in [0.25, 0.3) is 0 Å². The Balaban J connectivity index is 2.99. The van der Waals surface area contributed by atoms with Crippen LogP contribution in [0.4, 0.5) is 17.1 Å². The summed E-state index contributed by atoms with van der Waals surface area (Å²) in [5, 5.41) is 13.6. The second-order valence-electron chi connectivity index (χ2n) is 4.40. The van der Waals surface area contributed by atoms with Crippen molar-refractivity contribution >= 4 is 17.1 Å². The van der Waals surface area contributed by atoms with Crippen LogP contribution in [0.15, 0.2) is 18.2 Å². The second kappa shape index (κ2) is 3.76. The van der Waals surface area contributed by atoms with Crippen molar-refractivity contribution < 1.29 is 4.92 Å². The third-order valence-corrected chi connectivity index (χ3v) is 1.76. The first kappa shape index (κ1) is 11.3. The number of hydrogen-bond acceptors (Lipinski definition) is 4. The molecule has 0 spiro atoms. The molecule has 0 unspecified atom stereocenters. The van der Waals surface area contributed by atoms with E-state index in [1.54, 1.807) is 6.07 Å². The van der Waals surface area contributed by atoms with E-state index in [1.807, 2.05) is 20.8 Å². The molecular formula is C10H15N3O2. The van der Waals surface area contributed by atoms with Gasteiger partial charge in [-0.1, -0.05) is 0 Å². The van der Waals surface area contributed by atoms with Crippen LogP contribution in [0.3, 0.4) is 0 Å². The Morgan fingerprint density at radius 1 is 1.40 bits per heavy atom. The Morgan fingerprint density at radius 3 is 2.40 bits per heavy atom. The molecule has 0 saturated heterocycles. The van der Waals surface area contributed by atoms with Crippen molar-refractivity contribution in [2.24, 2.45) is 0 Å². The molecule has 0 aliphatic rings. The maximum atomic E-state index is 10.5. The number of nitrogens with zero attached hydrogens (tertiary/aromatic N) is 1. The van der Waals surface area contributed by atoms with E-state index in [1.165, 1.54) is 12.1 Å². The summed E-state index contributed by atoms with van der Waals surface area (Å²) in [6.45, 7) is 5.98. The van der Waals surface area contributed by atoms with Crippen LogP contribution >= 0.6 is 0 Å². The minimum absolute atomic E-state index is 0.00644. The lowest BCUT2D eigenvalue weighted by Crippen LogP contribution is -2.26. The highest BCUT2D eigenvalue weighted by molar-refractivity contribution is 5.70.